The predicted molar refractivity (Wildman–Crippen MR) is 125 cm³/mol. The number of aryl methyl sites for hydroxylation is 1. The number of imide groups is 1. The number of amides is 2. The van der Waals surface area contributed by atoms with Crippen molar-refractivity contribution in [3.63, 3.8) is 0 Å². The molecule has 0 N–H and O–H groups in total. The van der Waals surface area contributed by atoms with Crippen molar-refractivity contribution in [3.05, 3.63) is 98.1 Å². The molecule has 2 bridgehead atoms. The van der Waals surface area contributed by atoms with E-state index in [2.05, 4.69) is 22.6 Å². The van der Waals surface area contributed by atoms with Crippen LogP contribution in [-0.4, -0.2) is 18.1 Å². The highest BCUT2D eigenvalue weighted by Gasteiger charge is 2.68. The monoisotopic (exact) mass is 519 g/mol. The van der Waals surface area contributed by atoms with Crippen LogP contribution in [0.5, 0.6) is 0 Å². The molecule has 152 valence electrons. The number of anilines is 1. The minimum atomic E-state index is -1.15. The summed E-state index contributed by atoms with van der Waals surface area (Å²) in [5.74, 6) is -2.03. The number of benzene rings is 3. The van der Waals surface area contributed by atoms with Crippen LogP contribution in [-0.2, 0) is 19.8 Å². The maximum Gasteiger partial charge on any atom is 0.239 e. The van der Waals surface area contributed by atoms with E-state index in [1.54, 1.807) is 0 Å². The van der Waals surface area contributed by atoms with Crippen LogP contribution >= 0.6 is 22.6 Å². The Kier molecular flexibility index (Phi) is 3.88. The molecule has 4 nitrogen and oxygen atoms in total. The molecule has 0 unspecified atom stereocenters. The second-order valence-electron chi connectivity index (χ2n) is 8.59. The molecule has 0 aromatic heterocycles. The largest absolute Gasteiger partial charge is 0.302 e. The van der Waals surface area contributed by atoms with E-state index in [0.717, 1.165) is 37.7 Å². The van der Waals surface area contributed by atoms with Crippen LogP contribution in [0.4, 0.5) is 5.69 Å². The van der Waals surface area contributed by atoms with Crippen molar-refractivity contribution in [2.45, 2.75) is 18.3 Å². The average molecular weight is 519 g/mol. The van der Waals surface area contributed by atoms with Crippen LogP contribution in [0, 0.1) is 22.3 Å². The lowest BCUT2D eigenvalue weighted by molar-refractivity contribution is -0.128. The third-order valence-corrected chi connectivity index (χ3v) is 7.94. The van der Waals surface area contributed by atoms with Gasteiger partial charge in [0, 0.05) is 9.49 Å². The first-order chi connectivity index (χ1) is 15.0. The molecule has 7 rings (SSSR count). The Hall–Kier alpha value is -2.80. The Balaban J connectivity index is 1.65. The van der Waals surface area contributed by atoms with Gasteiger partial charge in [-0.05, 0) is 75.5 Å². The van der Waals surface area contributed by atoms with Gasteiger partial charge < -0.3 is 4.79 Å². The van der Waals surface area contributed by atoms with E-state index in [9.17, 15) is 14.4 Å². The first-order valence-corrected chi connectivity index (χ1v) is 11.4. The van der Waals surface area contributed by atoms with Gasteiger partial charge in [0.05, 0.1) is 22.9 Å². The summed E-state index contributed by atoms with van der Waals surface area (Å²) in [7, 11) is 0. The number of rotatable bonds is 2. The summed E-state index contributed by atoms with van der Waals surface area (Å²) in [4.78, 5) is 42.0. The summed E-state index contributed by atoms with van der Waals surface area (Å²) in [6, 6.07) is 21.3. The van der Waals surface area contributed by atoms with Crippen molar-refractivity contribution in [3.8, 4) is 0 Å². The second kappa shape index (κ2) is 6.36. The van der Waals surface area contributed by atoms with E-state index in [4.69, 9.17) is 0 Å². The summed E-state index contributed by atoms with van der Waals surface area (Å²) in [5.41, 5.74) is 4.02. The zero-order chi connectivity index (χ0) is 21.5. The van der Waals surface area contributed by atoms with Crippen LogP contribution in [0.3, 0.4) is 0 Å². The van der Waals surface area contributed by atoms with Crippen LogP contribution in [0.1, 0.15) is 33.7 Å². The van der Waals surface area contributed by atoms with Crippen molar-refractivity contribution in [2.75, 3.05) is 4.90 Å². The van der Waals surface area contributed by atoms with Gasteiger partial charge in [-0.2, -0.15) is 0 Å². The average Bonchev–Trinajstić information content (AvgIpc) is 3.05. The highest BCUT2D eigenvalue weighted by molar-refractivity contribution is 14.1. The van der Waals surface area contributed by atoms with Crippen molar-refractivity contribution in [1.29, 1.82) is 0 Å². The third kappa shape index (κ3) is 2.17. The maximum absolute atomic E-state index is 13.9. The van der Waals surface area contributed by atoms with Gasteiger partial charge in [-0.3, -0.25) is 9.59 Å². The third-order valence-electron chi connectivity index (χ3n) is 7.27. The van der Waals surface area contributed by atoms with Gasteiger partial charge in [-0.25, -0.2) is 4.90 Å². The normalized spacial score (nSPS) is 27.7. The minimum absolute atomic E-state index is 0.209. The topological polar surface area (TPSA) is 54.5 Å². The Bertz CT molecular complexity index is 1270. The van der Waals surface area contributed by atoms with Gasteiger partial charge >= 0.3 is 0 Å². The molecule has 5 heteroatoms. The molecule has 1 saturated heterocycles. The highest BCUT2D eigenvalue weighted by Crippen LogP contribution is 2.63. The maximum atomic E-state index is 13.9. The Labute approximate surface area is 193 Å². The molecule has 1 fully saturated rings. The molecule has 31 heavy (non-hydrogen) atoms. The first kappa shape index (κ1) is 18.9. The quantitative estimate of drug-likeness (QED) is 0.288. The molecule has 3 aromatic rings. The number of aldehydes is 1. The molecule has 2 amide bonds. The zero-order valence-electron chi connectivity index (χ0n) is 16.7. The molecule has 0 radical (unpaired) electrons. The SMILES string of the molecule is Cc1cc(I)ccc1N1C(=O)[C@@H]2C3c4ccccc4C(C=O)(c4ccccc43)[C@@H]2C1=O. The van der Waals surface area contributed by atoms with Gasteiger partial charge in [0.15, 0.2) is 0 Å². The highest BCUT2D eigenvalue weighted by atomic mass is 127. The van der Waals surface area contributed by atoms with Crippen molar-refractivity contribution in [2.24, 2.45) is 11.8 Å². The first-order valence-electron chi connectivity index (χ1n) is 10.3. The number of halogens is 1. The van der Waals surface area contributed by atoms with Gasteiger partial charge in [0.25, 0.3) is 0 Å². The molecule has 3 aliphatic carbocycles. The van der Waals surface area contributed by atoms with Gasteiger partial charge in [-0.1, -0.05) is 48.5 Å². The lowest BCUT2D eigenvalue weighted by Gasteiger charge is -2.51. The summed E-state index contributed by atoms with van der Waals surface area (Å²) in [5, 5.41) is 0. The molecule has 3 aromatic carbocycles. The van der Waals surface area contributed by atoms with Crippen LogP contribution < -0.4 is 4.90 Å². The van der Waals surface area contributed by atoms with E-state index < -0.39 is 17.3 Å². The Morgan fingerprint density at radius 2 is 1.52 bits per heavy atom. The van der Waals surface area contributed by atoms with Crippen molar-refractivity contribution >= 4 is 46.4 Å². The van der Waals surface area contributed by atoms with Crippen molar-refractivity contribution < 1.29 is 14.4 Å². The Morgan fingerprint density at radius 1 is 0.903 bits per heavy atom. The molecule has 0 saturated carbocycles. The lowest BCUT2D eigenvalue weighted by Crippen LogP contribution is -2.54. The van der Waals surface area contributed by atoms with Gasteiger partial charge in [0.2, 0.25) is 11.8 Å². The number of nitrogens with zero attached hydrogens (tertiary/aromatic N) is 1. The van der Waals surface area contributed by atoms with E-state index in [0.29, 0.717) is 5.69 Å². The standard InChI is InChI=1S/C26H18INO3/c1-14-12-15(27)10-11-20(14)28-24(30)22-21-16-6-2-4-8-18(16)26(13-29,23(22)25(28)31)19-9-5-3-7-17(19)21/h2-13,21-23H,1H3/t21?,22-,23+,26?/m1/s1. The molecule has 2 atom stereocenters. The molecule has 1 aliphatic heterocycles. The van der Waals surface area contributed by atoms with E-state index in [1.807, 2.05) is 73.7 Å². The fourth-order valence-corrected chi connectivity index (χ4v) is 6.78. The predicted octanol–water partition coefficient (Wildman–Crippen LogP) is 4.35. The molecule has 1 heterocycles. The number of carbonyl (C=O) groups excluding carboxylic acids is 3. The number of hydrogen-bond donors (Lipinski definition) is 0. The zero-order valence-corrected chi connectivity index (χ0v) is 18.9. The number of hydrogen-bond acceptors (Lipinski definition) is 3. The Morgan fingerprint density at radius 3 is 2.10 bits per heavy atom. The summed E-state index contributed by atoms with van der Waals surface area (Å²) in [6.07, 6.45) is 0.910. The van der Waals surface area contributed by atoms with Crippen molar-refractivity contribution in [1.82, 2.24) is 0 Å². The molecule has 0 spiro atoms. The number of carbonyl (C=O) groups is 3. The molecular formula is C26H18INO3. The molecule has 4 aliphatic rings. The van der Waals surface area contributed by atoms with E-state index in [1.165, 1.54) is 4.90 Å². The summed E-state index contributed by atoms with van der Waals surface area (Å²) < 4.78 is 1.04. The fourth-order valence-electron chi connectivity index (χ4n) is 6.14. The fraction of sp³-hybridized carbons (Fsp3) is 0.192. The van der Waals surface area contributed by atoms with Gasteiger partial charge in [-0.15, -0.1) is 0 Å². The lowest BCUT2D eigenvalue weighted by atomic mass is 9.48. The second-order valence-corrected chi connectivity index (χ2v) is 9.83. The summed E-state index contributed by atoms with van der Waals surface area (Å²) in [6.45, 7) is 1.91. The van der Waals surface area contributed by atoms with E-state index in [-0.39, 0.29) is 17.7 Å². The van der Waals surface area contributed by atoms with Crippen LogP contribution in [0.15, 0.2) is 66.7 Å². The van der Waals surface area contributed by atoms with Gasteiger partial charge in [0.1, 0.15) is 6.29 Å². The molecular weight excluding hydrogens is 501 g/mol. The minimum Gasteiger partial charge on any atom is -0.302 e. The van der Waals surface area contributed by atoms with E-state index >= 15 is 0 Å². The smallest absolute Gasteiger partial charge is 0.239 e. The van der Waals surface area contributed by atoms with Crippen LogP contribution in [0.2, 0.25) is 0 Å². The summed E-state index contributed by atoms with van der Waals surface area (Å²) >= 11 is 2.22. The van der Waals surface area contributed by atoms with Crippen LogP contribution in [0.25, 0.3) is 0 Å².